The molecule has 0 aliphatic carbocycles. The van der Waals surface area contributed by atoms with Crippen molar-refractivity contribution in [1.82, 2.24) is 0 Å². The van der Waals surface area contributed by atoms with E-state index in [0.29, 0.717) is 6.54 Å². The van der Waals surface area contributed by atoms with E-state index in [1.165, 1.54) is 16.7 Å². The summed E-state index contributed by atoms with van der Waals surface area (Å²) in [5.74, 6) is 0.223. The first-order chi connectivity index (χ1) is 9.41. The summed E-state index contributed by atoms with van der Waals surface area (Å²) < 4.78 is 0. The first-order valence-corrected chi connectivity index (χ1v) is 7.35. The second-order valence-corrected chi connectivity index (χ2v) is 6.65. The van der Waals surface area contributed by atoms with Gasteiger partial charge >= 0.3 is 0 Å². The smallest absolute Gasteiger partial charge is 0.0406 e. The van der Waals surface area contributed by atoms with E-state index in [4.69, 9.17) is 17.3 Å². The van der Waals surface area contributed by atoms with Crippen molar-refractivity contribution in [2.24, 2.45) is 5.73 Å². The van der Waals surface area contributed by atoms with Gasteiger partial charge in [0.2, 0.25) is 0 Å². The van der Waals surface area contributed by atoms with Gasteiger partial charge < -0.3 is 5.73 Å². The molecule has 0 bridgehead atoms. The Bertz CT molecular complexity index is 549. The Morgan fingerprint density at radius 3 is 1.75 bits per heavy atom. The molecule has 0 aromatic heterocycles. The molecule has 1 atom stereocenters. The van der Waals surface area contributed by atoms with Crippen LogP contribution in [0.4, 0.5) is 0 Å². The third kappa shape index (κ3) is 3.41. The Kier molecular flexibility index (Phi) is 4.52. The summed E-state index contributed by atoms with van der Waals surface area (Å²) >= 11 is 5.95. The van der Waals surface area contributed by atoms with Crippen LogP contribution >= 0.6 is 11.6 Å². The highest BCUT2D eigenvalue weighted by Crippen LogP contribution is 2.28. The molecule has 0 spiro atoms. The number of nitrogens with two attached hydrogens (primary N) is 1. The van der Waals surface area contributed by atoms with E-state index < -0.39 is 0 Å². The van der Waals surface area contributed by atoms with Gasteiger partial charge in [-0.1, -0.05) is 68.8 Å². The summed E-state index contributed by atoms with van der Waals surface area (Å²) in [6, 6.07) is 16.7. The highest BCUT2D eigenvalue weighted by Gasteiger charge is 2.16. The lowest BCUT2D eigenvalue weighted by molar-refractivity contribution is 0.589. The first kappa shape index (κ1) is 15.1. The van der Waals surface area contributed by atoms with Gasteiger partial charge in [-0.15, -0.1) is 0 Å². The fourth-order valence-electron chi connectivity index (χ4n) is 2.38. The minimum absolute atomic E-state index is 0.178. The Labute approximate surface area is 126 Å². The van der Waals surface area contributed by atoms with Crippen molar-refractivity contribution in [3.8, 4) is 0 Å². The zero-order valence-electron chi connectivity index (χ0n) is 12.4. The molecule has 0 aliphatic heterocycles. The molecule has 2 heteroatoms. The van der Waals surface area contributed by atoms with Crippen LogP contribution in [-0.2, 0) is 5.41 Å². The maximum atomic E-state index is 5.97. The molecule has 20 heavy (non-hydrogen) atoms. The van der Waals surface area contributed by atoms with Crippen LogP contribution in [0.25, 0.3) is 0 Å². The topological polar surface area (TPSA) is 26.0 Å². The van der Waals surface area contributed by atoms with Gasteiger partial charge in [-0.25, -0.2) is 0 Å². The van der Waals surface area contributed by atoms with Gasteiger partial charge in [0.05, 0.1) is 0 Å². The van der Waals surface area contributed by atoms with E-state index in [-0.39, 0.29) is 11.3 Å². The number of halogens is 1. The molecule has 2 aromatic rings. The lowest BCUT2D eigenvalue weighted by Gasteiger charge is -2.21. The molecule has 2 N–H and O–H groups in total. The molecule has 0 amide bonds. The van der Waals surface area contributed by atoms with Crippen LogP contribution in [0.2, 0.25) is 5.02 Å². The first-order valence-electron chi connectivity index (χ1n) is 6.98. The largest absolute Gasteiger partial charge is 0.330 e. The molecule has 1 nitrogen and oxygen atoms in total. The van der Waals surface area contributed by atoms with Gasteiger partial charge in [0.25, 0.3) is 0 Å². The molecule has 106 valence electrons. The standard InChI is InChI=1S/C18H22ClN/c1-18(2,3)15-8-4-13(5-9-15)17(12-20)14-6-10-16(19)11-7-14/h4-11,17H,12,20H2,1-3H3/t17-/m1/s1. The molecular formula is C18H22ClN. The van der Waals surface area contributed by atoms with Crippen LogP contribution in [0.15, 0.2) is 48.5 Å². The fraction of sp³-hybridized carbons (Fsp3) is 0.333. The lowest BCUT2D eigenvalue weighted by Crippen LogP contribution is -2.15. The van der Waals surface area contributed by atoms with Gasteiger partial charge in [0.15, 0.2) is 0 Å². The third-order valence-corrected chi connectivity index (χ3v) is 3.94. The molecule has 0 fully saturated rings. The Hall–Kier alpha value is -1.31. The quantitative estimate of drug-likeness (QED) is 0.868. The molecule has 2 rings (SSSR count). The van der Waals surface area contributed by atoms with Crippen molar-refractivity contribution < 1.29 is 0 Å². The number of hydrogen-bond donors (Lipinski definition) is 1. The van der Waals surface area contributed by atoms with Crippen LogP contribution in [0.5, 0.6) is 0 Å². The lowest BCUT2D eigenvalue weighted by atomic mass is 9.84. The summed E-state index contributed by atoms with van der Waals surface area (Å²) in [5, 5.41) is 0.757. The molecule has 0 saturated carbocycles. The maximum absolute atomic E-state index is 5.97. The van der Waals surface area contributed by atoms with Crippen LogP contribution < -0.4 is 5.73 Å². The average molecular weight is 288 g/mol. The van der Waals surface area contributed by atoms with E-state index >= 15 is 0 Å². The molecule has 0 radical (unpaired) electrons. The summed E-state index contributed by atoms with van der Waals surface area (Å²) in [6.45, 7) is 7.27. The third-order valence-electron chi connectivity index (χ3n) is 3.69. The average Bonchev–Trinajstić information content (AvgIpc) is 2.41. The molecule has 0 heterocycles. The highest BCUT2D eigenvalue weighted by atomic mass is 35.5. The predicted octanol–water partition coefficient (Wildman–Crippen LogP) is 4.73. The second-order valence-electron chi connectivity index (χ2n) is 6.21. The van der Waals surface area contributed by atoms with Gasteiger partial charge in [-0.3, -0.25) is 0 Å². The van der Waals surface area contributed by atoms with Gasteiger partial charge in [-0.05, 0) is 34.2 Å². The Morgan fingerprint density at radius 1 is 0.900 bits per heavy atom. The van der Waals surface area contributed by atoms with Gasteiger partial charge in [0.1, 0.15) is 0 Å². The van der Waals surface area contributed by atoms with Crippen molar-refractivity contribution >= 4 is 11.6 Å². The summed E-state index contributed by atoms with van der Waals surface area (Å²) in [6.07, 6.45) is 0. The number of rotatable bonds is 3. The Balaban J connectivity index is 2.30. The fourth-order valence-corrected chi connectivity index (χ4v) is 2.50. The summed E-state index contributed by atoms with van der Waals surface area (Å²) in [7, 11) is 0. The number of benzene rings is 2. The molecule has 2 aromatic carbocycles. The predicted molar refractivity (Wildman–Crippen MR) is 87.5 cm³/mol. The Morgan fingerprint density at radius 2 is 1.35 bits per heavy atom. The van der Waals surface area contributed by atoms with Gasteiger partial charge in [0, 0.05) is 17.5 Å². The van der Waals surface area contributed by atoms with Crippen LogP contribution in [0, 0.1) is 0 Å². The molecular weight excluding hydrogens is 266 g/mol. The normalized spacial score (nSPS) is 13.2. The summed E-state index contributed by atoms with van der Waals surface area (Å²) in [5.41, 5.74) is 9.95. The minimum Gasteiger partial charge on any atom is -0.330 e. The van der Waals surface area contributed by atoms with E-state index in [2.05, 4.69) is 57.2 Å². The van der Waals surface area contributed by atoms with Crippen molar-refractivity contribution in [1.29, 1.82) is 0 Å². The van der Waals surface area contributed by atoms with E-state index in [0.717, 1.165) is 5.02 Å². The summed E-state index contributed by atoms with van der Waals surface area (Å²) in [4.78, 5) is 0. The SMILES string of the molecule is CC(C)(C)c1ccc([C@@H](CN)c2ccc(Cl)cc2)cc1. The monoisotopic (exact) mass is 287 g/mol. The zero-order chi connectivity index (χ0) is 14.8. The van der Waals surface area contributed by atoms with Crippen molar-refractivity contribution in [3.63, 3.8) is 0 Å². The van der Waals surface area contributed by atoms with E-state index in [1.54, 1.807) is 0 Å². The van der Waals surface area contributed by atoms with Crippen molar-refractivity contribution in [3.05, 3.63) is 70.2 Å². The van der Waals surface area contributed by atoms with Crippen LogP contribution in [0.3, 0.4) is 0 Å². The molecule has 0 unspecified atom stereocenters. The molecule has 0 saturated heterocycles. The zero-order valence-corrected chi connectivity index (χ0v) is 13.1. The van der Waals surface area contributed by atoms with E-state index in [9.17, 15) is 0 Å². The van der Waals surface area contributed by atoms with Crippen molar-refractivity contribution in [2.45, 2.75) is 32.1 Å². The van der Waals surface area contributed by atoms with Gasteiger partial charge in [-0.2, -0.15) is 0 Å². The van der Waals surface area contributed by atoms with E-state index in [1.807, 2.05) is 12.1 Å². The maximum Gasteiger partial charge on any atom is 0.0406 e. The second kappa shape index (κ2) is 5.99. The molecule has 0 aliphatic rings. The van der Waals surface area contributed by atoms with Crippen LogP contribution in [-0.4, -0.2) is 6.54 Å². The van der Waals surface area contributed by atoms with Crippen LogP contribution in [0.1, 0.15) is 43.4 Å². The minimum atomic E-state index is 0.178. The number of hydrogen-bond acceptors (Lipinski definition) is 1. The highest BCUT2D eigenvalue weighted by molar-refractivity contribution is 6.30. The van der Waals surface area contributed by atoms with Crippen molar-refractivity contribution in [2.75, 3.05) is 6.54 Å².